The molecule has 1 aromatic heterocycles. The standard InChI is InChI=1S/C21H22N4O3/c1-4-22-20(26)15-6-5-14(2)19(13-15)23-21(27)18-11-12-25(24-18)16-7-9-17(28-3)10-8-16/h5-13H,4H2,1-3H3,(H,22,26)(H,23,27). The highest BCUT2D eigenvalue weighted by Crippen LogP contribution is 2.19. The summed E-state index contributed by atoms with van der Waals surface area (Å²) in [5.41, 5.74) is 3.02. The van der Waals surface area contributed by atoms with Gasteiger partial charge in [0.1, 0.15) is 5.75 Å². The minimum atomic E-state index is -0.344. The van der Waals surface area contributed by atoms with Crippen molar-refractivity contribution in [2.75, 3.05) is 19.0 Å². The molecular weight excluding hydrogens is 356 g/mol. The van der Waals surface area contributed by atoms with E-state index in [2.05, 4.69) is 15.7 Å². The van der Waals surface area contributed by atoms with E-state index in [0.29, 0.717) is 17.8 Å². The summed E-state index contributed by atoms with van der Waals surface area (Å²) in [4.78, 5) is 24.6. The molecule has 0 bridgehead atoms. The zero-order valence-electron chi connectivity index (χ0n) is 16.0. The summed E-state index contributed by atoms with van der Waals surface area (Å²) in [6.45, 7) is 4.26. The van der Waals surface area contributed by atoms with Gasteiger partial charge in [-0.25, -0.2) is 4.68 Å². The van der Waals surface area contributed by atoms with Gasteiger partial charge in [0.15, 0.2) is 5.69 Å². The fourth-order valence-corrected chi connectivity index (χ4v) is 2.67. The number of hydrogen-bond donors (Lipinski definition) is 2. The molecule has 2 N–H and O–H groups in total. The lowest BCUT2D eigenvalue weighted by Crippen LogP contribution is -2.23. The molecule has 2 aromatic carbocycles. The largest absolute Gasteiger partial charge is 0.497 e. The third-order valence-electron chi connectivity index (χ3n) is 4.24. The van der Waals surface area contributed by atoms with Crippen LogP contribution in [-0.2, 0) is 0 Å². The van der Waals surface area contributed by atoms with Crippen LogP contribution in [-0.4, -0.2) is 35.2 Å². The summed E-state index contributed by atoms with van der Waals surface area (Å²) in [6, 6.07) is 14.2. The van der Waals surface area contributed by atoms with Crippen LogP contribution in [0, 0.1) is 6.92 Å². The molecular formula is C21H22N4O3. The summed E-state index contributed by atoms with van der Waals surface area (Å²) in [7, 11) is 1.61. The van der Waals surface area contributed by atoms with Gasteiger partial charge in [0.05, 0.1) is 12.8 Å². The molecule has 0 aliphatic carbocycles. The van der Waals surface area contributed by atoms with Crippen LogP contribution >= 0.6 is 0 Å². The van der Waals surface area contributed by atoms with Crippen molar-refractivity contribution in [3.05, 3.63) is 71.5 Å². The van der Waals surface area contributed by atoms with E-state index in [4.69, 9.17) is 4.74 Å². The molecule has 0 aliphatic heterocycles. The van der Waals surface area contributed by atoms with E-state index in [1.54, 1.807) is 42.3 Å². The van der Waals surface area contributed by atoms with Crippen LogP contribution in [0.15, 0.2) is 54.7 Å². The Labute approximate surface area is 163 Å². The normalized spacial score (nSPS) is 10.4. The van der Waals surface area contributed by atoms with E-state index in [0.717, 1.165) is 17.0 Å². The molecule has 3 rings (SSSR count). The number of rotatable bonds is 6. The van der Waals surface area contributed by atoms with Crippen molar-refractivity contribution in [1.29, 1.82) is 0 Å². The Hall–Kier alpha value is -3.61. The van der Waals surface area contributed by atoms with E-state index < -0.39 is 0 Å². The number of aryl methyl sites for hydroxylation is 1. The predicted molar refractivity (Wildman–Crippen MR) is 107 cm³/mol. The van der Waals surface area contributed by atoms with Crippen LogP contribution in [0.25, 0.3) is 5.69 Å². The molecule has 3 aromatic rings. The first-order chi connectivity index (χ1) is 13.5. The molecule has 0 unspecified atom stereocenters. The number of nitrogens with zero attached hydrogens (tertiary/aromatic N) is 2. The van der Waals surface area contributed by atoms with E-state index in [1.165, 1.54) is 0 Å². The molecule has 0 radical (unpaired) electrons. The average Bonchev–Trinajstić information content (AvgIpc) is 3.20. The minimum absolute atomic E-state index is 0.179. The number of carbonyl (C=O) groups excluding carboxylic acids is 2. The van der Waals surface area contributed by atoms with Crippen LogP contribution in [0.2, 0.25) is 0 Å². The second-order valence-electron chi connectivity index (χ2n) is 6.19. The topological polar surface area (TPSA) is 85.2 Å². The summed E-state index contributed by atoms with van der Waals surface area (Å²) >= 11 is 0. The van der Waals surface area contributed by atoms with E-state index in [1.807, 2.05) is 38.1 Å². The summed E-state index contributed by atoms with van der Waals surface area (Å²) in [6.07, 6.45) is 1.72. The van der Waals surface area contributed by atoms with Gasteiger partial charge in [0.2, 0.25) is 0 Å². The highest BCUT2D eigenvalue weighted by Gasteiger charge is 2.14. The average molecular weight is 378 g/mol. The molecule has 0 saturated carbocycles. The monoisotopic (exact) mass is 378 g/mol. The van der Waals surface area contributed by atoms with Gasteiger partial charge in [0, 0.05) is 24.0 Å². The molecule has 7 heteroatoms. The van der Waals surface area contributed by atoms with Gasteiger partial charge in [0.25, 0.3) is 11.8 Å². The fourth-order valence-electron chi connectivity index (χ4n) is 2.67. The smallest absolute Gasteiger partial charge is 0.276 e. The van der Waals surface area contributed by atoms with Crippen molar-refractivity contribution in [3.63, 3.8) is 0 Å². The number of anilines is 1. The van der Waals surface area contributed by atoms with Crippen LogP contribution < -0.4 is 15.4 Å². The van der Waals surface area contributed by atoms with Crippen LogP contribution in [0.1, 0.15) is 33.3 Å². The maximum absolute atomic E-state index is 12.6. The Morgan fingerprint density at radius 2 is 1.82 bits per heavy atom. The lowest BCUT2D eigenvalue weighted by molar-refractivity contribution is 0.0954. The second kappa shape index (κ2) is 8.39. The molecule has 0 spiro atoms. The molecule has 1 heterocycles. The molecule has 0 aliphatic rings. The predicted octanol–water partition coefficient (Wildman–Crippen LogP) is 3.19. The van der Waals surface area contributed by atoms with Gasteiger partial charge in [-0.3, -0.25) is 9.59 Å². The van der Waals surface area contributed by atoms with Crippen molar-refractivity contribution >= 4 is 17.5 Å². The first-order valence-corrected chi connectivity index (χ1v) is 8.92. The number of ether oxygens (including phenoxy) is 1. The van der Waals surface area contributed by atoms with Crippen molar-refractivity contribution in [3.8, 4) is 11.4 Å². The van der Waals surface area contributed by atoms with Crippen molar-refractivity contribution in [1.82, 2.24) is 15.1 Å². The Kier molecular flexibility index (Phi) is 5.74. The van der Waals surface area contributed by atoms with Crippen LogP contribution in [0.3, 0.4) is 0 Å². The Balaban J connectivity index is 1.77. The second-order valence-corrected chi connectivity index (χ2v) is 6.19. The van der Waals surface area contributed by atoms with Crippen molar-refractivity contribution in [2.24, 2.45) is 0 Å². The maximum atomic E-state index is 12.6. The highest BCUT2D eigenvalue weighted by atomic mass is 16.5. The Morgan fingerprint density at radius 1 is 1.07 bits per heavy atom. The lowest BCUT2D eigenvalue weighted by Gasteiger charge is -2.10. The first kappa shape index (κ1) is 19.2. The Morgan fingerprint density at radius 3 is 2.50 bits per heavy atom. The van der Waals surface area contributed by atoms with E-state index >= 15 is 0 Å². The molecule has 0 saturated heterocycles. The Bertz CT molecular complexity index is 993. The van der Waals surface area contributed by atoms with Gasteiger partial charge in [-0.15, -0.1) is 0 Å². The third-order valence-corrected chi connectivity index (χ3v) is 4.24. The first-order valence-electron chi connectivity index (χ1n) is 8.92. The van der Waals surface area contributed by atoms with E-state index in [9.17, 15) is 9.59 Å². The summed E-state index contributed by atoms with van der Waals surface area (Å²) < 4.78 is 6.76. The zero-order valence-corrected chi connectivity index (χ0v) is 16.0. The minimum Gasteiger partial charge on any atom is -0.497 e. The highest BCUT2D eigenvalue weighted by molar-refractivity contribution is 6.04. The lowest BCUT2D eigenvalue weighted by atomic mass is 10.1. The number of hydrogen-bond acceptors (Lipinski definition) is 4. The number of benzene rings is 2. The summed E-state index contributed by atoms with van der Waals surface area (Å²) in [5.74, 6) is 0.224. The SMILES string of the molecule is CCNC(=O)c1ccc(C)c(NC(=O)c2ccn(-c3ccc(OC)cc3)n2)c1. The molecule has 0 atom stereocenters. The quantitative estimate of drug-likeness (QED) is 0.690. The number of nitrogens with one attached hydrogen (secondary N) is 2. The van der Waals surface area contributed by atoms with Crippen molar-refractivity contribution < 1.29 is 14.3 Å². The van der Waals surface area contributed by atoms with E-state index in [-0.39, 0.29) is 17.5 Å². The molecule has 144 valence electrons. The van der Waals surface area contributed by atoms with Gasteiger partial charge in [-0.2, -0.15) is 5.10 Å². The van der Waals surface area contributed by atoms with Crippen molar-refractivity contribution in [2.45, 2.75) is 13.8 Å². The maximum Gasteiger partial charge on any atom is 0.276 e. The number of methoxy groups -OCH3 is 1. The third kappa shape index (κ3) is 4.20. The van der Waals surface area contributed by atoms with Crippen LogP contribution in [0.5, 0.6) is 5.75 Å². The molecule has 28 heavy (non-hydrogen) atoms. The number of aromatic nitrogens is 2. The number of carbonyl (C=O) groups is 2. The van der Waals surface area contributed by atoms with Gasteiger partial charge >= 0.3 is 0 Å². The fraction of sp³-hybridized carbons (Fsp3) is 0.190. The van der Waals surface area contributed by atoms with Gasteiger partial charge in [-0.1, -0.05) is 6.07 Å². The van der Waals surface area contributed by atoms with Gasteiger partial charge in [-0.05, 0) is 61.9 Å². The molecule has 2 amide bonds. The van der Waals surface area contributed by atoms with Gasteiger partial charge < -0.3 is 15.4 Å². The molecule has 0 fully saturated rings. The zero-order chi connectivity index (χ0) is 20.1. The van der Waals surface area contributed by atoms with Crippen LogP contribution in [0.4, 0.5) is 5.69 Å². The number of amides is 2. The molecule has 7 nitrogen and oxygen atoms in total. The summed E-state index contributed by atoms with van der Waals surface area (Å²) in [5, 5.41) is 9.91.